The van der Waals surface area contributed by atoms with Crippen molar-refractivity contribution in [1.29, 1.82) is 0 Å². The second-order valence-electron chi connectivity index (χ2n) is 9.01. The van der Waals surface area contributed by atoms with E-state index in [0.717, 1.165) is 5.56 Å². The van der Waals surface area contributed by atoms with Crippen molar-refractivity contribution in [2.45, 2.75) is 57.8 Å². The maximum Gasteiger partial charge on any atom is 0.341 e. The molecule has 7 heteroatoms. The summed E-state index contributed by atoms with van der Waals surface area (Å²) in [6, 6.07) is 8.35. The lowest BCUT2D eigenvalue weighted by atomic mass is 9.82. The van der Waals surface area contributed by atoms with Gasteiger partial charge in [0.15, 0.2) is 0 Å². The molecular weight excluding hydrogens is 450 g/mol. The number of carbonyl (C=O) groups excluding carboxylic acids is 2. The van der Waals surface area contributed by atoms with Crippen molar-refractivity contribution in [1.82, 2.24) is 0 Å². The maximum atomic E-state index is 13.0. The normalized spacial score (nSPS) is 20.6. The number of aliphatic carboxylic acids is 1. The Kier molecular flexibility index (Phi) is 7.83. The SMILES string of the molecule is CCOC(=O)c1c(-c2ccc(C3CCCCC3)cc2)csc1NC(=O)C1CC=CCC1C(=O)O. The molecule has 34 heavy (non-hydrogen) atoms. The number of carbonyl (C=O) groups is 3. The van der Waals surface area contributed by atoms with Crippen LogP contribution in [0.5, 0.6) is 0 Å². The minimum absolute atomic E-state index is 0.219. The van der Waals surface area contributed by atoms with E-state index in [0.29, 0.717) is 34.9 Å². The molecule has 2 atom stereocenters. The fraction of sp³-hybridized carbons (Fsp3) is 0.444. The zero-order valence-corrected chi connectivity index (χ0v) is 20.2. The van der Waals surface area contributed by atoms with Gasteiger partial charge in [-0.2, -0.15) is 0 Å². The van der Waals surface area contributed by atoms with Gasteiger partial charge in [-0.05, 0) is 49.7 Å². The first-order valence-electron chi connectivity index (χ1n) is 12.1. The monoisotopic (exact) mass is 481 g/mol. The number of hydrogen-bond donors (Lipinski definition) is 2. The highest BCUT2D eigenvalue weighted by atomic mass is 32.1. The van der Waals surface area contributed by atoms with Crippen LogP contribution in [0.4, 0.5) is 5.00 Å². The van der Waals surface area contributed by atoms with E-state index in [4.69, 9.17) is 4.74 Å². The fourth-order valence-electron chi connectivity index (χ4n) is 5.02. The van der Waals surface area contributed by atoms with Crippen LogP contribution in [0.1, 0.15) is 73.7 Å². The number of esters is 1. The molecule has 0 aliphatic heterocycles. The van der Waals surface area contributed by atoms with E-state index in [1.807, 2.05) is 23.6 Å². The maximum absolute atomic E-state index is 13.0. The molecule has 2 aliphatic carbocycles. The number of benzene rings is 1. The van der Waals surface area contributed by atoms with E-state index >= 15 is 0 Å². The van der Waals surface area contributed by atoms with Crippen molar-refractivity contribution in [3.05, 3.63) is 52.9 Å². The highest BCUT2D eigenvalue weighted by molar-refractivity contribution is 7.15. The van der Waals surface area contributed by atoms with Gasteiger partial charge in [0.2, 0.25) is 5.91 Å². The third-order valence-electron chi connectivity index (χ3n) is 6.89. The average molecular weight is 482 g/mol. The molecule has 0 spiro atoms. The third-order valence-corrected chi connectivity index (χ3v) is 7.79. The van der Waals surface area contributed by atoms with Crippen LogP contribution in [0.25, 0.3) is 11.1 Å². The van der Waals surface area contributed by atoms with Crippen molar-refractivity contribution < 1.29 is 24.2 Å². The molecule has 4 rings (SSSR count). The zero-order chi connectivity index (χ0) is 24.1. The van der Waals surface area contributed by atoms with E-state index in [9.17, 15) is 19.5 Å². The Morgan fingerprint density at radius 2 is 1.71 bits per heavy atom. The number of amides is 1. The lowest BCUT2D eigenvalue weighted by molar-refractivity contribution is -0.146. The number of rotatable bonds is 7. The van der Waals surface area contributed by atoms with Crippen molar-refractivity contribution in [2.24, 2.45) is 11.8 Å². The minimum atomic E-state index is -0.986. The quantitative estimate of drug-likeness (QED) is 0.360. The van der Waals surface area contributed by atoms with Crippen LogP contribution in [0.15, 0.2) is 41.8 Å². The molecule has 0 radical (unpaired) electrons. The summed E-state index contributed by atoms with van der Waals surface area (Å²) in [7, 11) is 0. The van der Waals surface area contributed by atoms with Gasteiger partial charge in [-0.3, -0.25) is 9.59 Å². The summed E-state index contributed by atoms with van der Waals surface area (Å²) in [5.74, 6) is -2.73. The molecule has 6 nitrogen and oxygen atoms in total. The molecule has 2 aliphatic rings. The van der Waals surface area contributed by atoms with Gasteiger partial charge in [0.25, 0.3) is 0 Å². The summed E-state index contributed by atoms with van der Waals surface area (Å²) in [5, 5.41) is 14.6. The van der Waals surface area contributed by atoms with Gasteiger partial charge in [0, 0.05) is 10.9 Å². The number of nitrogens with one attached hydrogen (secondary N) is 1. The van der Waals surface area contributed by atoms with Gasteiger partial charge in [0.1, 0.15) is 10.6 Å². The predicted molar refractivity (Wildman–Crippen MR) is 133 cm³/mol. The molecular formula is C27H31NO5S. The second-order valence-corrected chi connectivity index (χ2v) is 9.89. The zero-order valence-electron chi connectivity index (χ0n) is 19.4. The summed E-state index contributed by atoms with van der Waals surface area (Å²) < 4.78 is 5.31. The largest absolute Gasteiger partial charge is 0.481 e. The summed E-state index contributed by atoms with van der Waals surface area (Å²) >= 11 is 1.26. The number of carboxylic acids is 1. The number of ether oxygens (including phenoxy) is 1. The van der Waals surface area contributed by atoms with E-state index in [-0.39, 0.29) is 12.5 Å². The Hall–Kier alpha value is -2.93. The molecule has 1 heterocycles. The molecule has 0 saturated heterocycles. The molecule has 1 amide bonds. The van der Waals surface area contributed by atoms with Gasteiger partial charge in [-0.1, -0.05) is 55.7 Å². The van der Waals surface area contributed by atoms with Gasteiger partial charge in [-0.15, -0.1) is 11.3 Å². The highest BCUT2D eigenvalue weighted by Gasteiger charge is 2.35. The van der Waals surface area contributed by atoms with E-state index in [2.05, 4.69) is 17.4 Å². The lowest BCUT2D eigenvalue weighted by Crippen LogP contribution is -2.34. The number of carboxylic acid groups (broad SMARTS) is 1. The van der Waals surface area contributed by atoms with Gasteiger partial charge in [-0.25, -0.2) is 4.79 Å². The highest BCUT2D eigenvalue weighted by Crippen LogP contribution is 2.39. The molecule has 180 valence electrons. The topological polar surface area (TPSA) is 92.7 Å². The standard InChI is InChI=1S/C27H31NO5S/c1-2-33-27(32)23-22(19-14-12-18(13-15-19)17-8-4-3-5-9-17)16-34-25(23)28-24(29)20-10-6-7-11-21(20)26(30)31/h6-7,12-17,20-21H,2-5,8-11H2,1H3,(H,28,29)(H,30,31). The Balaban J connectivity index is 1.60. The first-order valence-corrected chi connectivity index (χ1v) is 12.9. The molecule has 2 N–H and O–H groups in total. The minimum Gasteiger partial charge on any atom is -0.481 e. The summed E-state index contributed by atoms with van der Waals surface area (Å²) in [6.07, 6.45) is 10.6. The Morgan fingerprint density at radius 1 is 1.03 bits per heavy atom. The van der Waals surface area contributed by atoms with Gasteiger partial charge < -0.3 is 15.2 Å². The van der Waals surface area contributed by atoms with Crippen LogP contribution in [0.2, 0.25) is 0 Å². The molecule has 1 fully saturated rings. The average Bonchev–Trinajstić information content (AvgIpc) is 3.28. The molecule has 2 unspecified atom stereocenters. The predicted octanol–water partition coefficient (Wildman–Crippen LogP) is 6.25. The van der Waals surface area contributed by atoms with Crippen molar-refractivity contribution in [2.75, 3.05) is 11.9 Å². The van der Waals surface area contributed by atoms with Gasteiger partial charge >= 0.3 is 11.9 Å². The van der Waals surface area contributed by atoms with E-state index in [1.165, 1.54) is 49.0 Å². The first kappa shape index (κ1) is 24.2. The lowest BCUT2D eigenvalue weighted by Gasteiger charge is -2.24. The van der Waals surface area contributed by atoms with E-state index in [1.54, 1.807) is 13.0 Å². The smallest absolute Gasteiger partial charge is 0.341 e. The fourth-order valence-corrected chi connectivity index (χ4v) is 5.98. The molecule has 1 saturated carbocycles. The van der Waals surface area contributed by atoms with Crippen LogP contribution in [0, 0.1) is 11.8 Å². The Morgan fingerprint density at radius 3 is 2.35 bits per heavy atom. The van der Waals surface area contributed by atoms with Crippen molar-refractivity contribution in [3.8, 4) is 11.1 Å². The first-order chi connectivity index (χ1) is 16.5. The number of anilines is 1. The second kappa shape index (κ2) is 11.0. The third kappa shape index (κ3) is 5.25. The summed E-state index contributed by atoms with van der Waals surface area (Å²) in [4.78, 5) is 37.5. The van der Waals surface area contributed by atoms with Crippen LogP contribution < -0.4 is 5.32 Å². The number of thiophene rings is 1. The molecule has 1 aromatic carbocycles. The molecule has 0 bridgehead atoms. The van der Waals surface area contributed by atoms with Crippen LogP contribution in [-0.2, 0) is 14.3 Å². The van der Waals surface area contributed by atoms with E-state index < -0.39 is 23.8 Å². The van der Waals surface area contributed by atoms with Gasteiger partial charge in [0.05, 0.1) is 18.4 Å². The number of allylic oxidation sites excluding steroid dienone is 2. The van der Waals surface area contributed by atoms with Crippen molar-refractivity contribution in [3.63, 3.8) is 0 Å². The molecule has 1 aromatic heterocycles. The summed E-state index contributed by atoms with van der Waals surface area (Å²) in [5.41, 5.74) is 3.26. The van der Waals surface area contributed by atoms with Crippen molar-refractivity contribution >= 4 is 34.2 Å². The summed E-state index contributed by atoms with van der Waals surface area (Å²) in [6.45, 7) is 1.96. The number of hydrogen-bond acceptors (Lipinski definition) is 5. The Labute approximate surface area is 204 Å². The Bertz CT molecular complexity index is 1070. The van der Waals surface area contributed by atoms with Crippen LogP contribution in [0.3, 0.4) is 0 Å². The van der Waals surface area contributed by atoms with Crippen LogP contribution >= 0.6 is 11.3 Å². The molecule has 2 aromatic rings. The van der Waals surface area contributed by atoms with Crippen LogP contribution in [-0.4, -0.2) is 29.6 Å².